The van der Waals surface area contributed by atoms with Crippen molar-refractivity contribution in [2.24, 2.45) is 0 Å². The number of rotatable bonds is 17. The fourth-order valence-corrected chi connectivity index (χ4v) is 4.78. The number of unbranched alkanes of at least 4 members (excludes halogenated alkanes) is 13. The fraction of sp³-hybridized carbons (Fsp3) is 0.696. The molecule has 4 nitrogen and oxygen atoms in total. The molecule has 0 saturated heterocycles. The van der Waals surface area contributed by atoms with E-state index in [0.29, 0.717) is 6.42 Å². The predicted molar refractivity (Wildman–Crippen MR) is 116 cm³/mol. The van der Waals surface area contributed by atoms with Gasteiger partial charge < -0.3 is 5.11 Å². The summed E-state index contributed by atoms with van der Waals surface area (Å²) in [6.07, 6.45) is 17.3. The summed E-state index contributed by atoms with van der Waals surface area (Å²) < 4.78 is 24.6. The Morgan fingerprint density at radius 2 is 1.11 bits per heavy atom. The van der Waals surface area contributed by atoms with Gasteiger partial charge in [0, 0.05) is 0 Å². The van der Waals surface area contributed by atoms with Crippen LogP contribution in [0, 0.1) is 0 Å². The zero-order chi connectivity index (χ0) is 20.7. The highest BCUT2D eigenvalue weighted by Crippen LogP contribution is 2.16. The molecule has 0 heterocycles. The van der Waals surface area contributed by atoms with Crippen molar-refractivity contribution in [1.29, 1.82) is 0 Å². The number of hydrogen-bond acceptors (Lipinski definition) is 3. The first-order valence-electron chi connectivity index (χ1n) is 11.0. The first-order chi connectivity index (χ1) is 13.5. The fourth-order valence-electron chi connectivity index (χ4n) is 3.41. The number of carbonyl (C=O) groups is 1. The van der Waals surface area contributed by atoms with Gasteiger partial charge in [-0.15, -0.1) is 0 Å². The van der Waals surface area contributed by atoms with E-state index < -0.39 is 15.8 Å². The Hall–Kier alpha value is -1.36. The Labute approximate surface area is 171 Å². The molecule has 0 aliphatic carbocycles. The summed E-state index contributed by atoms with van der Waals surface area (Å²) in [4.78, 5) is 11.0. The van der Waals surface area contributed by atoms with Crippen LogP contribution >= 0.6 is 0 Å². The van der Waals surface area contributed by atoms with Crippen LogP contribution in [0.4, 0.5) is 0 Å². The molecule has 0 atom stereocenters. The largest absolute Gasteiger partial charge is 0.478 e. The van der Waals surface area contributed by atoms with Gasteiger partial charge in [-0.05, 0) is 30.7 Å². The second-order valence-electron chi connectivity index (χ2n) is 7.74. The molecule has 0 unspecified atom stereocenters. The Kier molecular flexibility index (Phi) is 12.9. The van der Waals surface area contributed by atoms with E-state index in [1.165, 1.54) is 94.9 Å². The topological polar surface area (TPSA) is 71.4 Å². The number of carboxylic acids is 1. The second-order valence-corrected chi connectivity index (χ2v) is 9.85. The molecular weight excluding hydrogens is 372 g/mol. The van der Waals surface area contributed by atoms with Gasteiger partial charge in [0.25, 0.3) is 0 Å². The lowest BCUT2D eigenvalue weighted by Gasteiger charge is -2.05. The summed E-state index contributed by atoms with van der Waals surface area (Å²) in [5.41, 5.74) is 0.107. The number of benzene rings is 1. The zero-order valence-electron chi connectivity index (χ0n) is 17.5. The number of hydrogen-bond donors (Lipinski definition) is 1. The summed E-state index contributed by atoms with van der Waals surface area (Å²) in [6.45, 7) is 2.25. The lowest BCUT2D eigenvalue weighted by atomic mass is 10.0. The maximum Gasteiger partial charge on any atom is 0.335 e. The van der Waals surface area contributed by atoms with E-state index in [-0.39, 0.29) is 16.2 Å². The summed E-state index contributed by atoms with van der Waals surface area (Å²) in [6, 6.07) is 5.48. The third kappa shape index (κ3) is 10.8. The lowest BCUT2D eigenvalue weighted by Crippen LogP contribution is -2.07. The zero-order valence-corrected chi connectivity index (χ0v) is 18.3. The molecule has 1 aromatic carbocycles. The van der Waals surface area contributed by atoms with Gasteiger partial charge >= 0.3 is 5.97 Å². The van der Waals surface area contributed by atoms with Gasteiger partial charge in [0.05, 0.1) is 16.2 Å². The van der Waals surface area contributed by atoms with Gasteiger partial charge in [-0.1, -0.05) is 90.4 Å². The van der Waals surface area contributed by atoms with Crippen molar-refractivity contribution >= 4 is 15.8 Å². The minimum absolute atomic E-state index is 0.107. The van der Waals surface area contributed by atoms with Crippen LogP contribution in [0.2, 0.25) is 0 Å². The highest BCUT2D eigenvalue weighted by atomic mass is 32.2. The van der Waals surface area contributed by atoms with E-state index in [0.717, 1.165) is 12.8 Å². The van der Waals surface area contributed by atoms with Crippen LogP contribution in [0.15, 0.2) is 29.2 Å². The molecule has 0 fully saturated rings. The summed E-state index contributed by atoms with van der Waals surface area (Å²) in [5, 5.41) is 8.87. The van der Waals surface area contributed by atoms with Crippen molar-refractivity contribution in [2.45, 2.75) is 102 Å². The van der Waals surface area contributed by atoms with E-state index >= 15 is 0 Å². The van der Waals surface area contributed by atoms with Crippen LogP contribution in [0.5, 0.6) is 0 Å². The van der Waals surface area contributed by atoms with E-state index in [9.17, 15) is 13.2 Å². The minimum Gasteiger partial charge on any atom is -0.478 e. The first-order valence-corrected chi connectivity index (χ1v) is 12.7. The van der Waals surface area contributed by atoms with E-state index in [2.05, 4.69) is 6.92 Å². The maximum absolute atomic E-state index is 12.3. The van der Waals surface area contributed by atoms with Crippen LogP contribution in [0.1, 0.15) is 107 Å². The van der Waals surface area contributed by atoms with Gasteiger partial charge in [0.1, 0.15) is 0 Å². The minimum atomic E-state index is -3.31. The maximum atomic E-state index is 12.3. The molecule has 160 valence electrons. The third-order valence-electron chi connectivity index (χ3n) is 5.23. The molecule has 1 N–H and O–H groups in total. The Morgan fingerprint density at radius 1 is 0.714 bits per heavy atom. The number of aromatic carboxylic acids is 1. The molecule has 5 heteroatoms. The monoisotopic (exact) mass is 410 g/mol. The van der Waals surface area contributed by atoms with Gasteiger partial charge in [-0.3, -0.25) is 0 Å². The highest BCUT2D eigenvalue weighted by Gasteiger charge is 2.14. The Morgan fingerprint density at radius 3 is 1.50 bits per heavy atom. The molecule has 0 aromatic heterocycles. The Balaban J connectivity index is 2.02. The van der Waals surface area contributed by atoms with Gasteiger partial charge in [0.15, 0.2) is 9.84 Å². The van der Waals surface area contributed by atoms with Crippen LogP contribution < -0.4 is 0 Å². The molecular formula is C23H38O4S. The predicted octanol–water partition coefficient (Wildman–Crippen LogP) is 6.64. The molecule has 0 bridgehead atoms. The SMILES string of the molecule is CCCCCCCCCCCCCCCCS(=O)(=O)c1ccc(C(=O)O)cc1. The molecule has 0 aliphatic heterocycles. The number of carboxylic acid groups (broad SMARTS) is 1. The molecule has 0 radical (unpaired) electrons. The molecule has 0 aliphatic rings. The summed E-state index contributed by atoms with van der Waals surface area (Å²) in [5.74, 6) is -0.909. The molecule has 1 aromatic rings. The van der Waals surface area contributed by atoms with Crippen molar-refractivity contribution < 1.29 is 18.3 Å². The van der Waals surface area contributed by atoms with Crippen molar-refractivity contribution in [1.82, 2.24) is 0 Å². The standard InChI is InChI=1S/C23H38O4S/c1-2-3-4-5-6-7-8-9-10-11-12-13-14-15-20-28(26,27)22-18-16-21(17-19-22)23(24)25/h16-19H,2-15,20H2,1H3,(H,24,25). The molecule has 28 heavy (non-hydrogen) atoms. The highest BCUT2D eigenvalue weighted by molar-refractivity contribution is 7.91. The van der Waals surface area contributed by atoms with E-state index in [4.69, 9.17) is 5.11 Å². The third-order valence-corrected chi connectivity index (χ3v) is 7.04. The van der Waals surface area contributed by atoms with Crippen molar-refractivity contribution in [3.05, 3.63) is 29.8 Å². The van der Waals surface area contributed by atoms with Gasteiger partial charge in [0.2, 0.25) is 0 Å². The molecule has 0 spiro atoms. The van der Waals surface area contributed by atoms with Gasteiger partial charge in [-0.25, -0.2) is 13.2 Å². The van der Waals surface area contributed by atoms with Crippen LogP contribution in [0.3, 0.4) is 0 Å². The summed E-state index contributed by atoms with van der Waals surface area (Å²) >= 11 is 0. The van der Waals surface area contributed by atoms with Crippen molar-refractivity contribution in [3.8, 4) is 0 Å². The average Bonchev–Trinajstić information content (AvgIpc) is 2.68. The molecule has 0 amide bonds. The van der Waals surface area contributed by atoms with E-state index in [1.807, 2.05) is 0 Å². The normalized spacial score (nSPS) is 11.6. The smallest absolute Gasteiger partial charge is 0.335 e. The average molecular weight is 411 g/mol. The van der Waals surface area contributed by atoms with Gasteiger partial charge in [-0.2, -0.15) is 0 Å². The van der Waals surface area contributed by atoms with Crippen molar-refractivity contribution in [3.63, 3.8) is 0 Å². The quantitative estimate of drug-likeness (QED) is 0.292. The van der Waals surface area contributed by atoms with Crippen LogP contribution in [-0.2, 0) is 9.84 Å². The first kappa shape index (κ1) is 24.7. The Bertz CT molecular complexity index is 635. The van der Waals surface area contributed by atoms with Crippen molar-refractivity contribution in [2.75, 3.05) is 5.75 Å². The van der Waals surface area contributed by atoms with E-state index in [1.54, 1.807) is 0 Å². The number of sulfone groups is 1. The van der Waals surface area contributed by atoms with Crippen LogP contribution in [-0.4, -0.2) is 25.2 Å². The summed E-state index contributed by atoms with van der Waals surface area (Å²) in [7, 11) is -3.31. The van der Waals surface area contributed by atoms with Crippen LogP contribution in [0.25, 0.3) is 0 Å². The molecule has 1 rings (SSSR count). The lowest BCUT2D eigenvalue weighted by molar-refractivity contribution is 0.0696. The second kappa shape index (κ2) is 14.6. The molecule has 0 saturated carbocycles.